The van der Waals surface area contributed by atoms with Gasteiger partial charge in [0.2, 0.25) is 0 Å². The maximum atomic E-state index is 13.5. The van der Waals surface area contributed by atoms with E-state index < -0.39 is 0 Å². The predicted molar refractivity (Wildman–Crippen MR) is 134 cm³/mol. The molecule has 1 N–H and O–H groups in total. The Morgan fingerprint density at radius 2 is 1.68 bits per heavy atom. The Balaban J connectivity index is 1.61. The fourth-order valence-corrected chi connectivity index (χ4v) is 4.10. The maximum Gasteiger partial charge on any atom is 0.254 e. The first-order valence-corrected chi connectivity index (χ1v) is 11.3. The van der Waals surface area contributed by atoms with E-state index >= 15 is 0 Å². The minimum Gasteiger partial charge on any atom is -0.497 e. The highest BCUT2D eigenvalue weighted by Crippen LogP contribution is 2.29. The number of carbonyl (C=O) groups is 1. The van der Waals surface area contributed by atoms with Crippen LogP contribution in [0.15, 0.2) is 66.9 Å². The van der Waals surface area contributed by atoms with E-state index in [0.29, 0.717) is 41.6 Å². The summed E-state index contributed by atoms with van der Waals surface area (Å²) in [6, 6.07) is 18.6. The molecule has 0 bridgehead atoms. The van der Waals surface area contributed by atoms with Gasteiger partial charge in [-0.1, -0.05) is 17.7 Å². The molecule has 176 valence electrons. The number of amides is 1. The molecule has 0 atom stereocenters. The zero-order valence-electron chi connectivity index (χ0n) is 19.4. The molecule has 0 radical (unpaired) electrons. The van der Waals surface area contributed by atoms with Gasteiger partial charge in [-0.25, -0.2) is 0 Å². The number of aromatic nitrogens is 1. The van der Waals surface area contributed by atoms with Crippen molar-refractivity contribution in [3.63, 3.8) is 0 Å². The van der Waals surface area contributed by atoms with E-state index in [1.807, 2.05) is 47.5 Å². The summed E-state index contributed by atoms with van der Waals surface area (Å²) in [6.45, 7) is 0.952. The first kappa shape index (κ1) is 23.5. The zero-order valence-corrected chi connectivity index (χ0v) is 20.2. The molecule has 6 nitrogen and oxygen atoms in total. The zero-order chi connectivity index (χ0) is 24.1. The van der Waals surface area contributed by atoms with Crippen molar-refractivity contribution in [2.45, 2.75) is 13.0 Å². The largest absolute Gasteiger partial charge is 0.497 e. The summed E-state index contributed by atoms with van der Waals surface area (Å²) in [6.07, 6.45) is 2.67. The Hall–Kier alpha value is -3.64. The molecule has 0 unspecified atom stereocenters. The number of aromatic amines is 1. The van der Waals surface area contributed by atoms with Crippen molar-refractivity contribution in [1.29, 1.82) is 0 Å². The number of methoxy groups -OCH3 is 3. The molecule has 1 amide bonds. The summed E-state index contributed by atoms with van der Waals surface area (Å²) < 4.78 is 16.2. The summed E-state index contributed by atoms with van der Waals surface area (Å²) in [5.41, 5.74) is 3.69. The normalized spacial score (nSPS) is 10.8. The summed E-state index contributed by atoms with van der Waals surface area (Å²) >= 11 is 6.03. The molecule has 0 spiro atoms. The van der Waals surface area contributed by atoms with Gasteiger partial charge >= 0.3 is 0 Å². The van der Waals surface area contributed by atoms with Crippen LogP contribution in [-0.4, -0.2) is 43.7 Å². The molecule has 0 aliphatic carbocycles. The van der Waals surface area contributed by atoms with Crippen molar-refractivity contribution < 1.29 is 19.0 Å². The molecule has 34 heavy (non-hydrogen) atoms. The Bertz CT molecular complexity index is 1280. The lowest BCUT2D eigenvalue weighted by molar-refractivity contribution is 0.0745. The molecule has 0 saturated heterocycles. The number of H-pyrrole nitrogens is 1. The van der Waals surface area contributed by atoms with Crippen molar-refractivity contribution in [1.82, 2.24) is 9.88 Å². The van der Waals surface area contributed by atoms with E-state index in [2.05, 4.69) is 4.98 Å². The highest BCUT2D eigenvalue weighted by atomic mass is 35.5. The molecule has 1 heterocycles. The molecule has 1 aromatic heterocycles. The molecule has 0 aliphatic rings. The summed E-state index contributed by atoms with van der Waals surface area (Å²) in [7, 11) is 4.86. The monoisotopic (exact) mass is 478 g/mol. The van der Waals surface area contributed by atoms with Crippen LogP contribution < -0.4 is 14.2 Å². The van der Waals surface area contributed by atoms with Crippen LogP contribution in [0.25, 0.3) is 10.9 Å². The van der Waals surface area contributed by atoms with Crippen LogP contribution in [0, 0.1) is 0 Å². The van der Waals surface area contributed by atoms with Crippen molar-refractivity contribution >= 4 is 28.4 Å². The summed E-state index contributed by atoms with van der Waals surface area (Å²) in [5, 5.41) is 1.68. The van der Waals surface area contributed by atoms with E-state index in [1.54, 1.807) is 45.6 Å². The van der Waals surface area contributed by atoms with Gasteiger partial charge in [-0.2, -0.15) is 0 Å². The third kappa shape index (κ3) is 5.13. The second-order valence-electron chi connectivity index (χ2n) is 7.90. The van der Waals surface area contributed by atoms with Gasteiger partial charge in [-0.3, -0.25) is 4.79 Å². The predicted octanol–water partition coefficient (Wildman–Crippen LogP) is 5.73. The first-order chi connectivity index (χ1) is 16.5. The topological polar surface area (TPSA) is 63.8 Å². The Morgan fingerprint density at radius 3 is 2.38 bits per heavy atom. The second-order valence-corrected chi connectivity index (χ2v) is 8.33. The quantitative estimate of drug-likeness (QED) is 0.333. The summed E-state index contributed by atoms with van der Waals surface area (Å²) in [5.74, 6) is 2.01. The van der Waals surface area contributed by atoms with Crippen LogP contribution >= 0.6 is 11.6 Å². The van der Waals surface area contributed by atoms with Crippen LogP contribution in [-0.2, 0) is 13.0 Å². The van der Waals surface area contributed by atoms with Crippen molar-refractivity contribution in [2.24, 2.45) is 0 Å². The molecule has 0 saturated carbocycles. The van der Waals surface area contributed by atoms with E-state index in [4.69, 9.17) is 25.8 Å². The lowest BCUT2D eigenvalue weighted by atomic mass is 10.1. The van der Waals surface area contributed by atoms with Crippen LogP contribution in [0.4, 0.5) is 0 Å². The fraction of sp³-hybridized carbons (Fsp3) is 0.222. The Kier molecular flexibility index (Phi) is 7.28. The molecule has 4 aromatic rings. The SMILES string of the molecule is COc1ccc2[nH]cc(CCN(Cc3ccc(OC)c(OC)c3)C(=O)c3ccc(Cl)cc3)c2c1. The number of halogens is 1. The Morgan fingerprint density at radius 1 is 0.912 bits per heavy atom. The number of hydrogen-bond acceptors (Lipinski definition) is 4. The smallest absolute Gasteiger partial charge is 0.254 e. The summed E-state index contributed by atoms with van der Waals surface area (Å²) in [4.78, 5) is 18.6. The molecular weight excluding hydrogens is 452 g/mol. The van der Waals surface area contributed by atoms with Crippen LogP contribution in [0.3, 0.4) is 0 Å². The van der Waals surface area contributed by atoms with Gasteiger partial charge < -0.3 is 24.1 Å². The lowest BCUT2D eigenvalue weighted by Crippen LogP contribution is -2.32. The highest BCUT2D eigenvalue weighted by Gasteiger charge is 2.18. The van der Waals surface area contributed by atoms with Gasteiger partial charge in [0.15, 0.2) is 11.5 Å². The van der Waals surface area contributed by atoms with Gasteiger partial charge in [-0.05, 0) is 72.1 Å². The van der Waals surface area contributed by atoms with Gasteiger partial charge in [-0.15, -0.1) is 0 Å². The van der Waals surface area contributed by atoms with Crippen molar-refractivity contribution in [3.8, 4) is 17.2 Å². The standard InChI is InChI=1S/C27H27ClN2O4/c1-32-22-9-10-24-23(15-22)20(16-29-24)12-13-30(27(31)19-5-7-21(28)8-6-19)17-18-4-11-25(33-2)26(14-18)34-3/h4-11,14-16,29H,12-13,17H2,1-3H3. The number of nitrogens with zero attached hydrogens (tertiary/aromatic N) is 1. The van der Waals surface area contributed by atoms with Crippen LogP contribution in [0.2, 0.25) is 5.02 Å². The number of benzene rings is 3. The molecule has 7 heteroatoms. The average Bonchev–Trinajstić information content (AvgIpc) is 3.28. The van der Waals surface area contributed by atoms with Crippen molar-refractivity contribution in [2.75, 3.05) is 27.9 Å². The van der Waals surface area contributed by atoms with E-state index in [1.165, 1.54) is 0 Å². The van der Waals surface area contributed by atoms with E-state index in [9.17, 15) is 4.79 Å². The van der Waals surface area contributed by atoms with Crippen LogP contribution in [0.5, 0.6) is 17.2 Å². The fourth-order valence-electron chi connectivity index (χ4n) is 3.97. The third-order valence-corrected chi connectivity index (χ3v) is 6.08. The number of fused-ring (bicyclic) bond motifs is 1. The first-order valence-electron chi connectivity index (χ1n) is 10.9. The average molecular weight is 479 g/mol. The van der Waals surface area contributed by atoms with Gasteiger partial charge in [0, 0.05) is 40.8 Å². The lowest BCUT2D eigenvalue weighted by Gasteiger charge is -2.23. The Labute approximate surface area is 204 Å². The minimum atomic E-state index is -0.0659. The van der Waals surface area contributed by atoms with Crippen LogP contribution in [0.1, 0.15) is 21.5 Å². The second kappa shape index (κ2) is 10.5. The molecule has 0 aliphatic heterocycles. The van der Waals surface area contributed by atoms with Crippen molar-refractivity contribution in [3.05, 3.63) is 88.6 Å². The van der Waals surface area contributed by atoms with E-state index in [0.717, 1.165) is 27.8 Å². The number of ether oxygens (including phenoxy) is 3. The number of rotatable bonds is 9. The molecule has 0 fully saturated rings. The molecule has 3 aromatic carbocycles. The highest BCUT2D eigenvalue weighted by molar-refractivity contribution is 6.30. The van der Waals surface area contributed by atoms with Gasteiger partial charge in [0.25, 0.3) is 5.91 Å². The number of carbonyl (C=O) groups excluding carboxylic acids is 1. The van der Waals surface area contributed by atoms with E-state index in [-0.39, 0.29) is 5.91 Å². The third-order valence-electron chi connectivity index (χ3n) is 5.83. The van der Waals surface area contributed by atoms with Gasteiger partial charge in [0.05, 0.1) is 21.3 Å². The number of hydrogen-bond donors (Lipinski definition) is 1. The van der Waals surface area contributed by atoms with Gasteiger partial charge in [0.1, 0.15) is 5.75 Å². The number of nitrogens with one attached hydrogen (secondary N) is 1. The molecule has 4 rings (SSSR count). The minimum absolute atomic E-state index is 0.0659. The molecular formula is C27H27ClN2O4. The maximum absolute atomic E-state index is 13.5.